The first-order valence-electron chi connectivity index (χ1n) is 8.80. The number of carbonyl (C=O) groups excluding carboxylic acids is 3. The topological polar surface area (TPSA) is 90.5 Å². The first-order valence-corrected chi connectivity index (χ1v) is 8.80. The Bertz CT molecular complexity index is 628. The van der Waals surface area contributed by atoms with E-state index < -0.39 is 12.1 Å². The highest BCUT2D eigenvalue weighted by Gasteiger charge is 2.29. The molecule has 7 heteroatoms. The number of amides is 4. The summed E-state index contributed by atoms with van der Waals surface area (Å²) in [6.07, 6.45) is 2.89. The lowest BCUT2D eigenvalue weighted by molar-refractivity contribution is -0.122. The van der Waals surface area contributed by atoms with Crippen LogP contribution in [0.2, 0.25) is 0 Å². The van der Waals surface area contributed by atoms with Gasteiger partial charge in [-0.3, -0.25) is 19.8 Å². The lowest BCUT2D eigenvalue weighted by atomic mass is 10.1. The summed E-state index contributed by atoms with van der Waals surface area (Å²) < 4.78 is 0. The summed E-state index contributed by atoms with van der Waals surface area (Å²) in [5.41, 5.74) is 1.20. The standard InChI is InChI=1S/C18H24N4O3/c23-16(9-8-14-17(24)21-18(25)20-14)19-12-15(22-10-4-5-11-22)13-6-2-1-3-7-13/h1-3,6-7,14-15H,4-5,8-12H2,(H,19,23)(H2,20,21,24,25). The van der Waals surface area contributed by atoms with Gasteiger partial charge in [0, 0.05) is 13.0 Å². The summed E-state index contributed by atoms with van der Waals surface area (Å²) in [6.45, 7) is 2.64. The van der Waals surface area contributed by atoms with Crippen molar-refractivity contribution in [1.29, 1.82) is 0 Å². The molecule has 1 aromatic carbocycles. The molecule has 0 bridgehead atoms. The molecular formula is C18H24N4O3. The predicted octanol–water partition coefficient (Wildman–Crippen LogP) is 0.928. The van der Waals surface area contributed by atoms with Gasteiger partial charge in [0.1, 0.15) is 6.04 Å². The van der Waals surface area contributed by atoms with Crippen LogP contribution in [0.3, 0.4) is 0 Å². The van der Waals surface area contributed by atoms with Crippen molar-refractivity contribution in [2.45, 2.75) is 37.8 Å². The smallest absolute Gasteiger partial charge is 0.322 e. The number of imide groups is 1. The number of hydrogen-bond acceptors (Lipinski definition) is 4. The molecule has 0 spiro atoms. The van der Waals surface area contributed by atoms with Gasteiger partial charge in [-0.2, -0.15) is 0 Å². The van der Waals surface area contributed by atoms with Crippen molar-refractivity contribution in [2.75, 3.05) is 19.6 Å². The number of carbonyl (C=O) groups is 3. The van der Waals surface area contributed by atoms with E-state index in [0.29, 0.717) is 13.0 Å². The SMILES string of the molecule is O=C(CCC1NC(=O)NC1=O)NCC(c1ccccc1)N1CCCC1. The predicted molar refractivity (Wildman–Crippen MR) is 92.7 cm³/mol. The quantitative estimate of drug-likeness (QED) is 0.642. The molecule has 3 N–H and O–H groups in total. The van der Waals surface area contributed by atoms with E-state index in [1.54, 1.807) is 0 Å². The maximum absolute atomic E-state index is 12.2. The molecule has 0 radical (unpaired) electrons. The number of benzene rings is 1. The third-order valence-corrected chi connectivity index (χ3v) is 4.78. The van der Waals surface area contributed by atoms with Gasteiger partial charge < -0.3 is 10.6 Å². The zero-order chi connectivity index (χ0) is 17.6. The van der Waals surface area contributed by atoms with Crippen molar-refractivity contribution < 1.29 is 14.4 Å². The molecule has 4 amide bonds. The van der Waals surface area contributed by atoms with Crippen LogP contribution in [0, 0.1) is 0 Å². The van der Waals surface area contributed by atoms with E-state index in [0.717, 1.165) is 13.1 Å². The van der Waals surface area contributed by atoms with Crippen LogP contribution in [-0.2, 0) is 9.59 Å². The zero-order valence-electron chi connectivity index (χ0n) is 14.2. The zero-order valence-corrected chi connectivity index (χ0v) is 14.2. The van der Waals surface area contributed by atoms with E-state index >= 15 is 0 Å². The van der Waals surface area contributed by atoms with E-state index in [1.807, 2.05) is 18.2 Å². The van der Waals surface area contributed by atoms with Gasteiger partial charge >= 0.3 is 6.03 Å². The van der Waals surface area contributed by atoms with Crippen LogP contribution in [-0.4, -0.2) is 48.4 Å². The minimum absolute atomic E-state index is 0.103. The maximum atomic E-state index is 12.2. The summed E-state index contributed by atoms with van der Waals surface area (Å²) >= 11 is 0. The second-order valence-corrected chi connectivity index (χ2v) is 6.53. The lowest BCUT2D eigenvalue weighted by Crippen LogP contribution is -2.37. The van der Waals surface area contributed by atoms with E-state index in [9.17, 15) is 14.4 Å². The van der Waals surface area contributed by atoms with Crippen molar-refractivity contribution in [3.63, 3.8) is 0 Å². The minimum atomic E-state index is -0.609. The Morgan fingerprint density at radius 1 is 1.20 bits per heavy atom. The van der Waals surface area contributed by atoms with Crippen LogP contribution in [0.4, 0.5) is 4.79 Å². The van der Waals surface area contributed by atoms with Crippen molar-refractivity contribution in [2.24, 2.45) is 0 Å². The monoisotopic (exact) mass is 344 g/mol. The minimum Gasteiger partial charge on any atom is -0.354 e. The fourth-order valence-electron chi connectivity index (χ4n) is 3.42. The van der Waals surface area contributed by atoms with Gasteiger partial charge in [0.2, 0.25) is 5.91 Å². The van der Waals surface area contributed by atoms with Gasteiger partial charge in [-0.05, 0) is 37.9 Å². The third-order valence-electron chi connectivity index (χ3n) is 4.78. The van der Waals surface area contributed by atoms with Crippen LogP contribution in [0.1, 0.15) is 37.3 Å². The highest BCUT2D eigenvalue weighted by atomic mass is 16.2. The fraction of sp³-hybridized carbons (Fsp3) is 0.500. The van der Waals surface area contributed by atoms with Gasteiger partial charge in [-0.1, -0.05) is 30.3 Å². The largest absolute Gasteiger partial charge is 0.354 e. The van der Waals surface area contributed by atoms with Gasteiger partial charge in [0.15, 0.2) is 0 Å². The summed E-state index contributed by atoms with van der Waals surface area (Å²) in [7, 11) is 0. The second-order valence-electron chi connectivity index (χ2n) is 6.53. The molecule has 0 aliphatic carbocycles. The third kappa shape index (κ3) is 4.57. The van der Waals surface area contributed by atoms with Crippen molar-refractivity contribution in [3.05, 3.63) is 35.9 Å². The summed E-state index contributed by atoms with van der Waals surface area (Å²) in [4.78, 5) is 37.1. The molecule has 3 rings (SSSR count). The summed E-state index contributed by atoms with van der Waals surface area (Å²) in [6, 6.07) is 9.27. The van der Waals surface area contributed by atoms with Crippen molar-refractivity contribution in [1.82, 2.24) is 20.9 Å². The van der Waals surface area contributed by atoms with Crippen LogP contribution in [0.25, 0.3) is 0 Å². The fourth-order valence-corrected chi connectivity index (χ4v) is 3.42. The van der Waals surface area contributed by atoms with Gasteiger partial charge in [-0.15, -0.1) is 0 Å². The molecule has 134 valence electrons. The Morgan fingerprint density at radius 3 is 2.56 bits per heavy atom. The van der Waals surface area contributed by atoms with Crippen LogP contribution in [0.5, 0.6) is 0 Å². The molecule has 0 aromatic heterocycles. The first kappa shape index (κ1) is 17.4. The summed E-state index contributed by atoms with van der Waals surface area (Å²) in [5.74, 6) is -0.467. The molecule has 2 aliphatic heterocycles. The molecular weight excluding hydrogens is 320 g/mol. The molecule has 7 nitrogen and oxygen atoms in total. The average molecular weight is 344 g/mol. The average Bonchev–Trinajstić information content (AvgIpc) is 3.24. The Kier molecular flexibility index (Phi) is 5.65. The van der Waals surface area contributed by atoms with Crippen LogP contribution < -0.4 is 16.0 Å². The summed E-state index contributed by atoms with van der Waals surface area (Å²) in [5, 5.41) is 7.66. The van der Waals surface area contributed by atoms with E-state index in [1.165, 1.54) is 18.4 Å². The highest BCUT2D eigenvalue weighted by Crippen LogP contribution is 2.24. The van der Waals surface area contributed by atoms with E-state index in [-0.39, 0.29) is 24.3 Å². The first-order chi connectivity index (χ1) is 12.1. The van der Waals surface area contributed by atoms with Gasteiger partial charge in [-0.25, -0.2) is 4.79 Å². The molecule has 2 heterocycles. The van der Waals surface area contributed by atoms with E-state index in [4.69, 9.17) is 0 Å². The lowest BCUT2D eigenvalue weighted by Gasteiger charge is -2.28. The van der Waals surface area contributed by atoms with Gasteiger partial charge in [0.05, 0.1) is 6.04 Å². The number of nitrogens with zero attached hydrogens (tertiary/aromatic N) is 1. The molecule has 25 heavy (non-hydrogen) atoms. The van der Waals surface area contributed by atoms with Crippen LogP contribution >= 0.6 is 0 Å². The molecule has 2 atom stereocenters. The number of nitrogens with one attached hydrogen (secondary N) is 3. The molecule has 1 aromatic rings. The molecule has 2 unspecified atom stereocenters. The van der Waals surface area contributed by atoms with Gasteiger partial charge in [0.25, 0.3) is 5.91 Å². The molecule has 2 saturated heterocycles. The normalized spacial score (nSPS) is 21.7. The maximum Gasteiger partial charge on any atom is 0.322 e. The number of hydrogen-bond donors (Lipinski definition) is 3. The van der Waals surface area contributed by atoms with Crippen molar-refractivity contribution in [3.8, 4) is 0 Å². The molecule has 0 saturated carbocycles. The molecule has 2 aliphatic rings. The number of likely N-dealkylation sites (tertiary alicyclic amines) is 1. The Balaban J connectivity index is 1.51. The highest BCUT2D eigenvalue weighted by molar-refractivity contribution is 6.04. The Morgan fingerprint density at radius 2 is 1.92 bits per heavy atom. The Labute approximate surface area is 147 Å². The Hall–Kier alpha value is -2.41. The van der Waals surface area contributed by atoms with Crippen LogP contribution in [0.15, 0.2) is 30.3 Å². The second kappa shape index (κ2) is 8.11. The van der Waals surface area contributed by atoms with Crippen molar-refractivity contribution >= 4 is 17.8 Å². The number of rotatable bonds is 7. The number of urea groups is 1. The molecule has 2 fully saturated rings. The van der Waals surface area contributed by atoms with E-state index in [2.05, 4.69) is 33.0 Å².